The molecule has 31 heavy (non-hydrogen) atoms. The van der Waals surface area contributed by atoms with E-state index in [1.54, 1.807) is 12.1 Å². The summed E-state index contributed by atoms with van der Waals surface area (Å²) in [6.45, 7) is 0.190. The van der Waals surface area contributed by atoms with Crippen LogP contribution in [0, 0.1) is 0 Å². The highest BCUT2D eigenvalue weighted by Gasteiger charge is 2.27. The molecule has 1 aliphatic rings. The van der Waals surface area contributed by atoms with Crippen molar-refractivity contribution in [2.24, 2.45) is 0 Å². The second-order valence-corrected chi connectivity index (χ2v) is 9.11. The Balaban J connectivity index is 1.48. The van der Waals surface area contributed by atoms with Crippen LogP contribution in [0.25, 0.3) is 22.6 Å². The summed E-state index contributed by atoms with van der Waals surface area (Å²) in [5.41, 5.74) is 4.18. The van der Waals surface area contributed by atoms with Gasteiger partial charge in [0.15, 0.2) is 0 Å². The van der Waals surface area contributed by atoms with E-state index in [2.05, 4.69) is 15.0 Å². The van der Waals surface area contributed by atoms with Gasteiger partial charge in [-0.1, -0.05) is 48.5 Å². The van der Waals surface area contributed by atoms with E-state index in [4.69, 9.17) is 0 Å². The van der Waals surface area contributed by atoms with Gasteiger partial charge in [-0.05, 0) is 47.4 Å². The lowest BCUT2D eigenvalue weighted by molar-refractivity contribution is -0.110. The molecule has 0 radical (unpaired) electrons. The lowest BCUT2D eigenvalue weighted by Gasteiger charge is -2.08. The van der Waals surface area contributed by atoms with Crippen molar-refractivity contribution >= 4 is 44.2 Å². The molecule has 3 N–H and O–H groups in total. The number of hydrogen-bond acceptors (Lipinski definition) is 3. The van der Waals surface area contributed by atoms with E-state index >= 15 is 0 Å². The van der Waals surface area contributed by atoms with E-state index in [1.165, 1.54) is 12.1 Å². The first-order valence-electron chi connectivity index (χ1n) is 9.78. The topological polar surface area (TPSA) is 91.1 Å². The van der Waals surface area contributed by atoms with Crippen molar-refractivity contribution < 1.29 is 13.2 Å². The Morgan fingerprint density at radius 2 is 1.68 bits per heavy atom. The van der Waals surface area contributed by atoms with Crippen molar-refractivity contribution in [2.45, 2.75) is 11.4 Å². The van der Waals surface area contributed by atoms with Crippen LogP contribution in [-0.2, 0) is 21.4 Å². The van der Waals surface area contributed by atoms with Crippen LogP contribution in [0.3, 0.4) is 0 Å². The normalized spacial score (nSPS) is 14.7. The summed E-state index contributed by atoms with van der Waals surface area (Å²) < 4.78 is 28.3. The Labute approximate surface area is 179 Å². The van der Waals surface area contributed by atoms with Crippen molar-refractivity contribution in [3.8, 4) is 0 Å². The van der Waals surface area contributed by atoms with Crippen molar-refractivity contribution in [2.75, 3.05) is 5.32 Å². The number of carbonyl (C=O) groups is 1. The summed E-state index contributed by atoms with van der Waals surface area (Å²) in [5.74, 6) is -0.263. The Hall–Kier alpha value is -3.68. The average Bonchev–Trinajstić information content (AvgIpc) is 3.33. The number of carbonyl (C=O) groups excluding carboxylic acids is 1. The third kappa shape index (κ3) is 3.76. The first-order valence-corrected chi connectivity index (χ1v) is 11.3. The molecule has 6 nitrogen and oxygen atoms in total. The maximum absolute atomic E-state index is 12.8. The number of rotatable bonds is 5. The maximum atomic E-state index is 12.8. The fourth-order valence-corrected chi connectivity index (χ4v) is 4.71. The molecule has 1 aromatic heterocycles. The highest BCUT2D eigenvalue weighted by molar-refractivity contribution is 7.89. The average molecular weight is 430 g/mol. The van der Waals surface area contributed by atoms with Crippen LogP contribution in [-0.4, -0.2) is 19.3 Å². The lowest BCUT2D eigenvalue weighted by atomic mass is 10.1. The standard InChI is InChI=1S/C24H19N3O3S/c28-24-21(13-18-12-17-8-4-5-9-22(17)26-18)20-14-19(10-11-23(20)27-24)31(29,30)25-15-16-6-2-1-3-7-16/h1-14,25-26H,15H2,(H,27,28)/b21-13-. The zero-order chi connectivity index (χ0) is 21.4. The minimum Gasteiger partial charge on any atom is -0.355 e. The molecule has 0 spiro atoms. The minimum atomic E-state index is -3.74. The smallest absolute Gasteiger partial charge is 0.256 e. The predicted octanol–water partition coefficient (Wildman–Crippen LogP) is 4.14. The Kier molecular flexibility index (Phi) is 4.69. The number of sulfonamides is 1. The first kappa shape index (κ1) is 19.3. The fraction of sp³-hybridized carbons (Fsp3) is 0.0417. The Morgan fingerprint density at radius 1 is 0.903 bits per heavy atom. The molecule has 1 aliphatic heterocycles. The number of hydrogen-bond donors (Lipinski definition) is 3. The molecule has 0 atom stereocenters. The van der Waals surface area contributed by atoms with Gasteiger partial charge in [-0.2, -0.15) is 0 Å². The summed E-state index contributed by atoms with van der Waals surface area (Å²) in [6, 6.07) is 23.8. The molecule has 0 unspecified atom stereocenters. The van der Waals surface area contributed by atoms with Gasteiger partial charge in [0, 0.05) is 29.0 Å². The molecule has 1 amide bonds. The molecular weight excluding hydrogens is 410 g/mol. The van der Waals surface area contributed by atoms with Gasteiger partial charge < -0.3 is 10.3 Å². The summed E-state index contributed by atoms with van der Waals surface area (Å²) in [6.07, 6.45) is 1.75. The number of anilines is 1. The van der Waals surface area contributed by atoms with Gasteiger partial charge in [-0.15, -0.1) is 0 Å². The summed E-state index contributed by atoms with van der Waals surface area (Å²) >= 11 is 0. The third-order valence-corrected chi connectivity index (χ3v) is 6.64. The van der Waals surface area contributed by atoms with Crippen LogP contribution >= 0.6 is 0 Å². The molecule has 3 aromatic carbocycles. The Morgan fingerprint density at radius 3 is 2.48 bits per heavy atom. The van der Waals surface area contributed by atoms with Gasteiger partial charge in [0.2, 0.25) is 10.0 Å². The van der Waals surface area contributed by atoms with E-state index in [0.29, 0.717) is 16.8 Å². The molecule has 2 heterocycles. The first-order chi connectivity index (χ1) is 15.0. The van der Waals surface area contributed by atoms with E-state index in [0.717, 1.165) is 22.2 Å². The highest BCUT2D eigenvalue weighted by atomic mass is 32.2. The second-order valence-electron chi connectivity index (χ2n) is 7.34. The zero-order valence-corrected chi connectivity index (χ0v) is 17.2. The van der Waals surface area contributed by atoms with Crippen LogP contribution in [0.1, 0.15) is 16.8 Å². The number of H-pyrrole nitrogens is 1. The number of aromatic amines is 1. The monoisotopic (exact) mass is 429 g/mol. The summed E-state index contributed by atoms with van der Waals surface area (Å²) in [5, 5.41) is 3.84. The van der Waals surface area contributed by atoms with E-state index in [9.17, 15) is 13.2 Å². The quantitative estimate of drug-likeness (QED) is 0.417. The van der Waals surface area contributed by atoms with Gasteiger partial charge in [-0.3, -0.25) is 4.79 Å². The molecule has 0 saturated heterocycles. The SMILES string of the molecule is O=C1Nc2ccc(S(=O)(=O)NCc3ccccc3)cc2/C1=C/c1cc2ccccc2[nH]1. The molecular formula is C24H19N3O3S. The minimum absolute atomic E-state index is 0.112. The van der Waals surface area contributed by atoms with Crippen molar-refractivity contribution in [1.29, 1.82) is 0 Å². The third-order valence-electron chi connectivity index (χ3n) is 5.24. The molecule has 0 saturated carbocycles. The largest absolute Gasteiger partial charge is 0.355 e. The van der Waals surface area contributed by atoms with Gasteiger partial charge in [0.25, 0.3) is 5.91 Å². The van der Waals surface area contributed by atoms with Crippen LogP contribution in [0.2, 0.25) is 0 Å². The molecule has 4 aromatic rings. The van der Waals surface area contributed by atoms with Crippen molar-refractivity contribution in [1.82, 2.24) is 9.71 Å². The lowest BCUT2D eigenvalue weighted by Crippen LogP contribution is -2.23. The van der Waals surface area contributed by atoms with E-state index < -0.39 is 10.0 Å². The van der Waals surface area contributed by atoms with Gasteiger partial charge in [-0.25, -0.2) is 13.1 Å². The van der Waals surface area contributed by atoms with Crippen LogP contribution < -0.4 is 10.0 Å². The predicted molar refractivity (Wildman–Crippen MR) is 122 cm³/mol. The number of fused-ring (bicyclic) bond motifs is 2. The Bertz CT molecular complexity index is 1400. The van der Waals surface area contributed by atoms with Crippen molar-refractivity contribution in [3.05, 3.63) is 95.7 Å². The number of aromatic nitrogens is 1. The van der Waals surface area contributed by atoms with Gasteiger partial charge in [0.05, 0.1) is 10.5 Å². The number of amides is 1. The number of benzene rings is 3. The van der Waals surface area contributed by atoms with Crippen LogP contribution in [0.4, 0.5) is 5.69 Å². The highest BCUT2D eigenvalue weighted by Crippen LogP contribution is 2.35. The zero-order valence-electron chi connectivity index (χ0n) is 16.4. The molecule has 0 bridgehead atoms. The second kappa shape index (κ2) is 7.54. The van der Waals surface area contributed by atoms with Gasteiger partial charge >= 0.3 is 0 Å². The molecule has 5 rings (SSSR count). The summed E-state index contributed by atoms with van der Waals surface area (Å²) in [7, 11) is -3.74. The number of para-hydroxylation sites is 1. The maximum Gasteiger partial charge on any atom is 0.256 e. The molecule has 7 heteroatoms. The van der Waals surface area contributed by atoms with Crippen molar-refractivity contribution in [3.63, 3.8) is 0 Å². The molecule has 154 valence electrons. The van der Waals surface area contributed by atoms with E-state index in [1.807, 2.05) is 60.7 Å². The van der Waals surface area contributed by atoms with Crippen LogP contribution in [0.15, 0.2) is 83.8 Å². The fourth-order valence-electron chi connectivity index (χ4n) is 3.66. The molecule has 0 aliphatic carbocycles. The summed E-state index contributed by atoms with van der Waals surface area (Å²) in [4.78, 5) is 15.9. The van der Waals surface area contributed by atoms with Gasteiger partial charge in [0.1, 0.15) is 0 Å². The van der Waals surface area contributed by atoms with E-state index in [-0.39, 0.29) is 17.3 Å². The number of nitrogens with one attached hydrogen (secondary N) is 3. The molecule has 0 fully saturated rings. The van der Waals surface area contributed by atoms with Crippen LogP contribution in [0.5, 0.6) is 0 Å².